The molecule has 1 fully saturated rings. The van der Waals surface area contributed by atoms with Crippen LogP contribution in [-0.2, 0) is 6.54 Å². The number of rotatable bonds is 5. The summed E-state index contributed by atoms with van der Waals surface area (Å²) in [7, 11) is 0. The summed E-state index contributed by atoms with van der Waals surface area (Å²) in [6.45, 7) is 0.782. The van der Waals surface area contributed by atoms with Crippen molar-refractivity contribution in [1.82, 2.24) is 15.5 Å². The third-order valence-electron chi connectivity index (χ3n) is 3.38. The Morgan fingerprint density at radius 1 is 1.11 bits per heavy atom. The average Bonchev–Trinajstić information content (AvgIpc) is 3.26. The lowest BCUT2D eigenvalue weighted by molar-refractivity contribution is 0.475. The molecule has 1 aliphatic carbocycles. The van der Waals surface area contributed by atoms with E-state index in [1.54, 1.807) is 6.20 Å². The maximum atomic E-state index is 4.11. The van der Waals surface area contributed by atoms with Crippen molar-refractivity contribution >= 4 is 0 Å². The minimum atomic E-state index is 0.452. The predicted molar refractivity (Wildman–Crippen MR) is 70.8 cm³/mol. The molecule has 92 valence electrons. The molecule has 1 saturated carbocycles. The normalized spacial score (nSPS) is 16.4. The topological polar surface area (TPSA) is 37.8 Å². The quantitative estimate of drug-likeness (QED) is 0.871. The lowest BCUT2D eigenvalue weighted by Gasteiger charge is -2.18. The molecular weight excluding hydrogens is 222 g/mol. The highest BCUT2D eigenvalue weighted by molar-refractivity contribution is 5.21. The Morgan fingerprint density at radius 2 is 1.94 bits per heavy atom. The van der Waals surface area contributed by atoms with Gasteiger partial charge in [0.1, 0.15) is 0 Å². The standard InChI is InChI=1S/C15H17N3/c1-2-5-12(6-3-1)15(13-8-9-13)16-11-14-7-4-10-17-18-14/h1-7,10,13,15-16H,8-9,11H2. The number of aromatic nitrogens is 2. The first-order valence-corrected chi connectivity index (χ1v) is 6.48. The van der Waals surface area contributed by atoms with Crippen LogP contribution >= 0.6 is 0 Å². The second kappa shape index (κ2) is 5.27. The number of nitrogens with zero attached hydrogens (tertiary/aromatic N) is 2. The van der Waals surface area contributed by atoms with Crippen LogP contribution in [0.15, 0.2) is 48.7 Å². The molecule has 0 spiro atoms. The summed E-state index contributed by atoms with van der Waals surface area (Å²) in [5.74, 6) is 0.782. The summed E-state index contributed by atoms with van der Waals surface area (Å²) in [4.78, 5) is 0. The van der Waals surface area contributed by atoms with E-state index in [2.05, 4.69) is 45.8 Å². The molecule has 0 aliphatic heterocycles. The molecule has 0 bridgehead atoms. The molecule has 3 heteroatoms. The SMILES string of the molecule is c1ccc(C(NCc2cccnn2)C2CC2)cc1. The third kappa shape index (κ3) is 2.74. The first-order valence-electron chi connectivity index (χ1n) is 6.48. The maximum absolute atomic E-state index is 4.11. The van der Waals surface area contributed by atoms with Crippen LogP contribution in [0.2, 0.25) is 0 Å². The van der Waals surface area contributed by atoms with E-state index >= 15 is 0 Å². The number of hydrogen-bond acceptors (Lipinski definition) is 3. The van der Waals surface area contributed by atoms with Crippen LogP contribution in [0, 0.1) is 5.92 Å². The Labute approximate surface area is 107 Å². The maximum Gasteiger partial charge on any atom is 0.0769 e. The van der Waals surface area contributed by atoms with Gasteiger partial charge in [-0.2, -0.15) is 10.2 Å². The Morgan fingerprint density at radius 3 is 2.61 bits per heavy atom. The van der Waals surface area contributed by atoms with Crippen LogP contribution in [0.3, 0.4) is 0 Å². The lowest BCUT2D eigenvalue weighted by atomic mass is 10.0. The summed E-state index contributed by atoms with van der Waals surface area (Å²) >= 11 is 0. The lowest BCUT2D eigenvalue weighted by Crippen LogP contribution is -2.23. The van der Waals surface area contributed by atoms with E-state index in [1.165, 1.54) is 18.4 Å². The zero-order chi connectivity index (χ0) is 12.2. The zero-order valence-electron chi connectivity index (χ0n) is 10.3. The highest BCUT2D eigenvalue weighted by Crippen LogP contribution is 2.40. The van der Waals surface area contributed by atoms with Gasteiger partial charge < -0.3 is 5.32 Å². The molecular formula is C15H17N3. The predicted octanol–water partition coefficient (Wildman–Crippen LogP) is 2.72. The minimum Gasteiger partial charge on any atom is -0.304 e. The number of hydrogen-bond donors (Lipinski definition) is 1. The van der Waals surface area contributed by atoms with E-state index in [0.29, 0.717) is 6.04 Å². The molecule has 3 rings (SSSR count). The summed E-state index contributed by atoms with van der Waals surface area (Å²) in [6, 6.07) is 15.1. The highest BCUT2D eigenvalue weighted by Gasteiger charge is 2.31. The van der Waals surface area contributed by atoms with E-state index in [9.17, 15) is 0 Å². The molecule has 1 aliphatic rings. The van der Waals surface area contributed by atoms with Crippen molar-refractivity contribution < 1.29 is 0 Å². The van der Waals surface area contributed by atoms with Crippen molar-refractivity contribution in [3.8, 4) is 0 Å². The van der Waals surface area contributed by atoms with Crippen LogP contribution in [0.5, 0.6) is 0 Å². The van der Waals surface area contributed by atoms with Gasteiger partial charge in [-0.15, -0.1) is 0 Å². The first-order chi connectivity index (χ1) is 8.93. The molecule has 0 amide bonds. The van der Waals surface area contributed by atoms with Gasteiger partial charge in [-0.3, -0.25) is 0 Å². The molecule has 18 heavy (non-hydrogen) atoms. The molecule has 2 aromatic rings. The van der Waals surface area contributed by atoms with E-state index < -0.39 is 0 Å². The molecule has 1 N–H and O–H groups in total. The van der Waals surface area contributed by atoms with Crippen molar-refractivity contribution in [2.24, 2.45) is 5.92 Å². The second-order valence-corrected chi connectivity index (χ2v) is 4.82. The van der Waals surface area contributed by atoms with Crippen LogP contribution in [0.4, 0.5) is 0 Å². The van der Waals surface area contributed by atoms with Crippen LogP contribution < -0.4 is 5.32 Å². The molecule has 1 unspecified atom stereocenters. The summed E-state index contributed by atoms with van der Waals surface area (Å²) in [6.07, 6.45) is 4.36. The Bertz CT molecular complexity index is 480. The number of benzene rings is 1. The first kappa shape index (κ1) is 11.4. The fourth-order valence-electron chi connectivity index (χ4n) is 2.29. The highest BCUT2D eigenvalue weighted by atomic mass is 15.1. The van der Waals surface area contributed by atoms with Gasteiger partial charge in [-0.1, -0.05) is 30.3 Å². The summed E-state index contributed by atoms with van der Waals surface area (Å²) in [5, 5.41) is 11.6. The van der Waals surface area contributed by atoms with E-state index in [4.69, 9.17) is 0 Å². The molecule has 1 aromatic carbocycles. The molecule has 1 atom stereocenters. The summed E-state index contributed by atoms with van der Waals surface area (Å²) in [5.41, 5.74) is 2.38. The third-order valence-corrected chi connectivity index (χ3v) is 3.38. The molecule has 0 saturated heterocycles. The smallest absolute Gasteiger partial charge is 0.0769 e. The molecule has 3 nitrogen and oxygen atoms in total. The second-order valence-electron chi connectivity index (χ2n) is 4.82. The van der Waals surface area contributed by atoms with Crippen LogP contribution in [0.1, 0.15) is 30.1 Å². The summed E-state index contributed by atoms with van der Waals surface area (Å²) < 4.78 is 0. The van der Waals surface area contributed by atoms with Crippen LogP contribution in [-0.4, -0.2) is 10.2 Å². The van der Waals surface area contributed by atoms with Crippen molar-refractivity contribution in [3.05, 3.63) is 59.9 Å². The Kier molecular flexibility index (Phi) is 3.33. The van der Waals surface area contributed by atoms with Gasteiger partial charge in [0, 0.05) is 18.8 Å². The van der Waals surface area contributed by atoms with E-state index in [1.807, 2.05) is 12.1 Å². The molecule has 0 radical (unpaired) electrons. The Hall–Kier alpha value is -1.74. The van der Waals surface area contributed by atoms with Gasteiger partial charge in [-0.05, 0) is 36.5 Å². The van der Waals surface area contributed by atoms with Gasteiger partial charge in [0.15, 0.2) is 0 Å². The average molecular weight is 239 g/mol. The minimum absolute atomic E-state index is 0.452. The van der Waals surface area contributed by atoms with Gasteiger partial charge >= 0.3 is 0 Å². The monoisotopic (exact) mass is 239 g/mol. The van der Waals surface area contributed by atoms with Crippen molar-refractivity contribution in [2.75, 3.05) is 0 Å². The van der Waals surface area contributed by atoms with E-state index in [-0.39, 0.29) is 0 Å². The fourth-order valence-corrected chi connectivity index (χ4v) is 2.29. The largest absolute Gasteiger partial charge is 0.304 e. The van der Waals surface area contributed by atoms with Crippen molar-refractivity contribution in [1.29, 1.82) is 0 Å². The zero-order valence-corrected chi connectivity index (χ0v) is 10.3. The van der Waals surface area contributed by atoms with Gasteiger partial charge in [-0.25, -0.2) is 0 Å². The van der Waals surface area contributed by atoms with Crippen molar-refractivity contribution in [3.63, 3.8) is 0 Å². The van der Waals surface area contributed by atoms with Crippen LogP contribution in [0.25, 0.3) is 0 Å². The van der Waals surface area contributed by atoms with Gasteiger partial charge in [0.05, 0.1) is 5.69 Å². The van der Waals surface area contributed by atoms with E-state index in [0.717, 1.165) is 18.2 Å². The van der Waals surface area contributed by atoms with Gasteiger partial charge in [0.2, 0.25) is 0 Å². The Balaban J connectivity index is 1.68. The fraction of sp³-hybridized carbons (Fsp3) is 0.333. The molecule has 1 heterocycles. The van der Waals surface area contributed by atoms with Crippen molar-refractivity contribution in [2.45, 2.75) is 25.4 Å². The van der Waals surface area contributed by atoms with Gasteiger partial charge in [0.25, 0.3) is 0 Å². The molecule has 1 aromatic heterocycles. The number of nitrogens with one attached hydrogen (secondary N) is 1.